The van der Waals surface area contributed by atoms with Crippen LogP contribution >= 0.6 is 0 Å². The summed E-state index contributed by atoms with van der Waals surface area (Å²) >= 11 is 0. The Morgan fingerprint density at radius 2 is 1.49 bits per heavy atom. The molecule has 0 aromatic heterocycles. The molecule has 3 saturated heterocycles. The summed E-state index contributed by atoms with van der Waals surface area (Å²) in [6.45, 7) is 4.30. The number of aliphatic hydroxyl groups excluding tert-OH is 1. The van der Waals surface area contributed by atoms with Crippen molar-refractivity contribution in [2.45, 2.75) is 82.4 Å². The van der Waals surface area contributed by atoms with Crippen molar-refractivity contribution >= 4 is 11.8 Å². The summed E-state index contributed by atoms with van der Waals surface area (Å²) in [5.41, 5.74) is 5.37. The van der Waals surface area contributed by atoms with Crippen LogP contribution in [-0.4, -0.2) is 71.8 Å². The topological polar surface area (TPSA) is 139 Å². The summed E-state index contributed by atoms with van der Waals surface area (Å²) in [7, 11) is 0. The zero-order chi connectivity index (χ0) is 30.1. The van der Waals surface area contributed by atoms with Crippen molar-refractivity contribution in [3.8, 4) is 0 Å². The minimum Gasteiger partial charge on any atom is -0.392 e. The third kappa shape index (κ3) is 8.82. The van der Waals surface area contributed by atoms with E-state index in [4.69, 9.17) is 24.2 Å². The van der Waals surface area contributed by atoms with Crippen LogP contribution in [0.1, 0.15) is 79.6 Å². The zero-order valence-electron chi connectivity index (χ0n) is 24.5. The van der Waals surface area contributed by atoms with Crippen molar-refractivity contribution in [3.05, 3.63) is 70.8 Å². The third-order valence-corrected chi connectivity index (χ3v) is 8.43. The molecule has 2 amide bonds. The number of carbonyl (C=O) groups excluding carboxylic acids is 2. The smallest absolute Gasteiger partial charge is 0.243 e. The second-order valence-electron chi connectivity index (χ2n) is 11.5. The highest BCUT2D eigenvalue weighted by molar-refractivity contribution is 5.76. The predicted octanol–water partition coefficient (Wildman–Crippen LogP) is 3.25. The van der Waals surface area contributed by atoms with E-state index in [9.17, 15) is 14.7 Å². The lowest BCUT2D eigenvalue weighted by Gasteiger charge is -2.41. The monoisotopic (exact) mass is 597 g/mol. The minimum atomic E-state index is -0.543. The van der Waals surface area contributed by atoms with E-state index in [0.29, 0.717) is 39.0 Å². The maximum atomic E-state index is 12.2. The molecule has 0 aliphatic carbocycles. The minimum absolute atomic E-state index is 0.000197. The quantitative estimate of drug-likeness (QED) is 0.165. The molecule has 3 aliphatic heterocycles. The number of rotatable bonds is 12. The van der Waals surface area contributed by atoms with Crippen LogP contribution in [0.15, 0.2) is 48.5 Å². The van der Waals surface area contributed by atoms with Gasteiger partial charge in [0.15, 0.2) is 12.1 Å². The first-order valence-corrected chi connectivity index (χ1v) is 15.2. The second kappa shape index (κ2) is 15.2. The van der Waals surface area contributed by atoms with Crippen LogP contribution < -0.4 is 10.8 Å². The Morgan fingerprint density at radius 3 is 2.14 bits per heavy atom. The molecule has 4 N–H and O–H groups in total. The normalized spacial score (nSPS) is 23.7. The van der Waals surface area contributed by atoms with Gasteiger partial charge in [0.1, 0.15) is 0 Å². The lowest BCUT2D eigenvalue weighted by Crippen LogP contribution is -2.48. The molecule has 1 spiro atoms. The summed E-state index contributed by atoms with van der Waals surface area (Å²) in [6, 6.07) is 15.8. The molecular formula is C32H43N3O8. The lowest BCUT2D eigenvalue weighted by atomic mass is 9.98. The highest BCUT2D eigenvalue weighted by Crippen LogP contribution is 2.39. The molecule has 0 radical (unpaired) electrons. The van der Waals surface area contributed by atoms with Crippen molar-refractivity contribution in [1.82, 2.24) is 15.7 Å². The van der Waals surface area contributed by atoms with Crippen molar-refractivity contribution in [1.29, 1.82) is 0 Å². The third-order valence-electron chi connectivity index (χ3n) is 8.43. The van der Waals surface area contributed by atoms with Gasteiger partial charge in [0.05, 0.1) is 32.0 Å². The zero-order valence-corrected chi connectivity index (χ0v) is 24.5. The van der Waals surface area contributed by atoms with Gasteiger partial charge in [-0.1, -0.05) is 48.5 Å². The van der Waals surface area contributed by atoms with Crippen molar-refractivity contribution in [2.75, 3.05) is 32.8 Å². The van der Waals surface area contributed by atoms with Crippen molar-refractivity contribution in [3.63, 3.8) is 0 Å². The van der Waals surface area contributed by atoms with Gasteiger partial charge < -0.3 is 34.3 Å². The van der Waals surface area contributed by atoms with Crippen LogP contribution in [-0.2, 0) is 41.7 Å². The van der Waals surface area contributed by atoms with E-state index >= 15 is 0 Å². The maximum Gasteiger partial charge on any atom is 0.243 e. The van der Waals surface area contributed by atoms with Crippen LogP contribution in [0.2, 0.25) is 0 Å². The highest BCUT2D eigenvalue weighted by atomic mass is 16.7. The molecule has 2 aromatic carbocycles. The summed E-state index contributed by atoms with van der Waals surface area (Å²) in [4.78, 5) is 25.7. The van der Waals surface area contributed by atoms with E-state index in [-0.39, 0.29) is 31.1 Å². The second-order valence-corrected chi connectivity index (χ2v) is 11.5. The summed E-state index contributed by atoms with van der Waals surface area (Å²) in [6.07, 6.45) is 3.30. The van der Waals surface area contributed by atoms with E-state index in [2.05, 4.69) is 10.2 Å². The van der Waals surface area contributed by atoms with Crippen molar-refractivity contribution in [2.24, 2.45) is 0 Å². The van der Waals surface area contributed by atoms with Gasteiger partial charge in [-0.3, -0.25) is 14.8 Å². The van der Waals surface area contributed by atoms with Gasteiger partial charge in [0.2, 0.25) is 11.8 Å². The van der Waals surface area contributed by atoms with E-state index < -0.39 is 18.0 Å². The van der Waals surface area contributed by atoms with E-state index in [1.165, 1.54) is 0 Å². The first-order valence-electron chi connectivity index (χ1n) is 15.2. The molecule has 5 rings (SSSR count). The standard InChI is InChI=1S/C32H43N3O8/c36-22-24-7-9-25(10-8-24)28-19-27(21-35-15-13-32(14-16-35)40-17-18-41-32)42-31(43-28)26-11-5-23(6-12-26)20-33-29(37)3-1-2-4-30(38)34-39/h5-12,27-28,31,36,39H,1-4,13-22H2,(H,33,37)(H,34,38)/t27-,28+,31+/m0/s1. The molecule has 3 fully saturated rings. The number of likely N-dealkylation sites (tertiary alicyclic amines) is 1. The number of hydrogen-bond acceptors (Lipinski definition) is 9. The van der Waals surface area contributed by atoms with Gasteiger partial charge in [-0.25, -0.2) is 5.48 Å². The lowest BCUT2D eigenvalue weighted by molar-refractivity contribution is -0.255. The summed E-state index contributed by atoms with van der Waals surface area (Å²) in [5.74, 6) is -0.940. The van der Waals surface area contributed by atoms with Crippen molar-refractivity contribution < 1.29 is 38.9 Å². The number of hydroxylamine groups is 1. The molecule has 2 aromatic rings. The van der Waals surface area contributed by atoms with Gasteiger partial charge in [-0.15, -0.1) is 0 Å². The average molecular weight is 598 g/mol. The van der Waals surface area contributed by atoms with Gasteiger partial charge in [0.25, 0.3) is 0 Å². The molecule has 11 nitrogen and oxygen atoms in total. The number of aliphatic hydroxyl groups is 1. The van der Waals surface area contributed by atoms with Crippen LogP contribution in [0.25, 0.3) is 0 Å². The number of benzene rings is 2. The number of nitrogens with one attached hydrogen (secondary N) is 2. The molecule has 0 unspecified atom stereocenters. The van der Waals surface area contributed by atoms with Gasteiger partial charge in [-0.2, -0.15) is 0 Å². The van der Waals surface area contributed by atoms with Crippen LogP contribution in [0.3, 0.4) is 0 Å². The molecule has 43 heavy (non-hydrogen) atoms. The maximum absolute atomic E-state index is 12.2. The Morgan fingerprint density at radius 1 is 0.860 bits per heavy atom. The molecule has 234 valence electrons. The van der Waals surface area contributed by atoms with E-state index in [1.54, 1.807) is 5.48 Å². The fourth-order valence-electron chi connectivity index (χ4n) is 5.89. The average Bonchev–Trinajstić information content (AvgIpc) is 3.51. The SMILES string of the molecule is O=C(CCCCC(=O)NCc1ccc([C@@H]2O[C@H](CN3CCC4(CC3)OCCO4)C[C@H](c3ccc(CO)cc3)O2)cc1)NO. The van der Waals surface area contributed by atoms with Crippen LogP contribution in [0, 0.1) is 0 Å². The van der Waals surface area contributed by atoms with Gasteiger partial charge >= 0.3 is 0 Å². The molecule has 3 aliphatic rings. The van der Waals surface area contributed by atoms with Gasteiger partial charge in [-0.05, 0) is 29.5 Å². The fraction of sp³-hybridized carbons (Fsp3) is 0.562. The highest BCUT2D eigenvalue weighted by Gasteiger charge is 2.41. The first-order chi connectivity index (χ1) is 20.9. The van der Waals surface area contributed by atoms with E-state index in [1.807, 2.05) is 48.5 Å². The molecule has 3 heterocycles. The number of amides is 2. The van der Waals surface area contributed by atoms with Crippen LogP contribution in [0.4, 0.5) is 0 Å². The molecular weight excluding hydrogens is 554 g/mol. The Kier molecular flexibility index (Phi) is 11.1. The number of ether oxygens (including phenoxy) is 4. The van der Waals surface area contributed by atoms with Gasteiger partial charge in [0, 0.05) is 63.8 Å². The number of piperidine rings is 1. The molecule has 3 atom stereocenters. The Bertz CT molecular complexity index is 1180. The largest absolute Gasteiger partial charge is 0.392 e. The first kappa shape index (κ1) is 31.5. The van der Waals surface area contributed by atoms with Crippen LogP contribution in [0.5, 0.6) is 0 Å². The molecule has 0 saturated carbocycles. The predicted molar refractivity (Wildman–Crippen MR) is 155 cm³/mol. The Hall–Kier alpha value is -2.90. The molecule has 11 heteroatoms. The number of nitrogens with zero attached hydrogens (tertiary/aromatic N) is 1. The summed E-state index contributed by atoms with van der Waals surface area (Å²) in [5, 5.41) is 20.9. The number of hydrogen-bond donors (Lipinski definition) is 4. The van der Waals surface area contributed by atoms with E-state index in [0.717, 1.165) is 61.2 Å². The Labute approximate surface area is 252 Å². The Balaban J connectivity index is 1.18. The fourth-order valence-corrected chi connectivity index (χ4v) is 5.89. The molecule has 0 bridgehead atoms. The number of unbranched alkanes of at least 4 members (excludes halogenated alkanes) is 1. The summed E-state index contributed by atoms with van der Waals surface area (Å²) < 4.78 is 24.8. The number of carbonyl (C=O) groups is 2.